The molecule has 0 atom stereocenters. The van der Waals surface area contributed by atoms with Crippen LogP contribution >= 0.6 is 0 Å². The van der Waals surface area contributed by atoms with E-state index in [1.54, 1.807) is 43.5 Å². The van der Waals surface area contributed by atoms with Crippen LogP contribution in [0.25, 0.3) is 10.9 Å². The predicted octanol–water partition coefficient (Wildman–Crippen LogP) is 1.04. The summed E-state index contributed by atoms with van der Waals surface area (Å²) in [5.74, 6) is -0.152. The van der Waals surface area contributed by atoms with E-state index in [4.69, 9.17) is 5.73 Å². The van der Waals surface area contributed by atoms with Crippen molar-refractivity contribution in [1.82, 2.24) is 23.8 Å². The molecule has 0 radical (unpaired) electrons. The lowest BCUT2D eigenvalue weighted by Gasteiger charge is -2.13. The molecule has 0 aliphatic heterocycles. The van der Waals surface area contributed by atoms with Crippen molar-refractivity contribution in [3.05, 3.63) is 82.9 Å². The molecule has 10 nitrogen and oxygen atoms in total. The Morgan fingerprint density at radius 3 is 2.66 bits per heavy atom. The highest BCUT2D eigenvalue weighted by Gasteiger charge is 2.23. The molecular weight excluding hydrogens is 432 g/mol. The van der Waals surface area contributed by atoms with Gasteiger partial charge in [-0.3, -0.25) is 19.1 Å². The number of nitrogens with zero attached hydrogens (tertiary/aromatic N) is 4. The van der Waals surface area contributed by atoms with Crippen LogP contribution in [0.5, 0.6) is 0 Å². The van der Waals surface area contributed by atoms with Crippen LogP contribution in [0.4, 0.5) is 5.69 Å². The lowest BCUT2D eigenvalue weighted by Crippen LogP contribution is -2.35. The van der Waals surface area contributed by atoms with Crippen molar-refractivity contribution >= 4 is 32.5 Å². The molecule has 11 heteroatoms. The summed E-state index contributed by atoms with van der Waals surface area (Å²) in [6, 6.07) is 11.3. The van der Waals surface area contributed by atoms with E-state index >= 15 is 0 Å². The number of aryl methyl sites for hydroxylation is 1. The maximum absolute atomic E-state index is 13.4. The van der Waals surface area contributed by atoms with E-state index in [-0.39, 0.29) is 23.7 Å². The van der Waals surface area contributed by atoms with Crippen molar-refractivity contribution in [2.45, 2.75) is 24.9 Å². The Balaban J connectivity index is 1.66. The highest BCUT2D eigenvalue weighted by molar-refractivity contribution is 7.90. The third kappa shape index (κ3) is 3.85. The molecule has 0 aliphatic carbocycles. The predicted molar refractivity (Wildman–Crippen MR) is 118 cm³/mol. The van der Waals surface area contributed by atoms with E-state index in [0.29, 0.717) is 22.4 Å². The summed E-state index contributed by atoms with van der Waals surface area (Å²) in [5.41, 5.74) is 5.81. The van der Waals surface area contributed by atoms with Crippen LogP contribution in [0, 0.1) is 6.92 Å². The maximum Gasteiger partial charge on any atom is 0.277 e. The highest BCUT2D eigenvalue weighted by atomic mass is 32.2. The van der Waals surface area contributed by atoms with Gasteiger partial charge in [0.05, 0.1) is 28.8 Å². The summed E-state index contributed by atoms with van der Waals surface area (Å²) < 4.78 is 29.1. The van der Waals surface area contributed by atoms with Crippen LogP contribution in [0.15, 0.2) is 70.7 Å². The van der Waals surface area contributed by atoms with Crippen LogP contribution in [0.3, 0.4) is 0 Å². The smallest absolute Gasteiger partial charge is 0.277 e. The Morgan fingerprint density at radius 2 is 1.91 bits per heavy atom. The van der Waals surface area contributed by atoms with Gasteiger partial charge in [0.25, 0.3) is 15.6 Å². The van der Waals surface area contributed by atoms with Crippen molar-refractivity contribution in [2.75, 3.05) is 5.73 Å². The molecule has 0 fully saturated rings. The molecule has 0 spiro atoms. The number of pyridine rings is 1. The first kappa shape index (κ1) is 21.2. The zero-order valence-corrected chi connectivity index (χ0v) is 17.9. The second-order valence-corrected chi connectivity index (χ2v) is 8.87. The van der Waals surface area contributed by atoms with Crippen molar-refractivity contribution in [2.24, 2.45) is 0 Å². The van der Waals surface area contributed by atoms with E-state index in [1.165, 1.54) is 28.5 Å². The summed E-state index contributed by atoms with van der Waals surface area (Å²) in [6.45, 7) is 1.21. The molecule has 4 aromatic rings. The van der Waals surface area contributed by atoms with Crippen molar-refractivity contribution in [1.29, 1.82) is 0 Å². The van der Waals surface area contributed by atoms with Gasteiger partial charge in [-0.15, -0.1) is 0 Å². The van der Waals surface area contributed by atoms with Crippen LogP contribution in [-0.2, 0) is 27.9 Å². The van der Waals surface area contributed by atoms with Gasteiger partial charge in [-0.1, -0.05) is 18.2 Å². The van der Waals surface area contributed by atoms with Crippen LogP contribution < -0.4 is 16.6 Å². The van der Waals surface area contributed by atoms with E-state index in [2.05, 4.69) is 15.3 Å². The number of hydrogen-bond donors (Lipinski definition) is 2. The molecule has 1 aromatic carbocycles. The largest absolute Gasteiger partial charge is 0.393 e. The number of carbonyl (C=O) groups excluding carboxylic acids is 1. The molecule has 0 unspecified atom stereocenters. The van der Waals surface area contributed by atoms with Crippen molar-refractivity contribution in [3.8, 4) is 0 Å². The number of benzene rings is 1. The minimum atomic E-state index is -3.92. The average molecular weight is 452 g/mol. The Labute approximate surface area is 183 Å². The quantitative estimate of drug-likeness (QED) is 0.445. The summed E-state index contributed by atoms with van der Waals surface area (Å²) >= 11 is 0. The molecule has 0 aliphatic rings. The monoisotopic (exact) mass is 452 g/mol. The van der Waals surface area contributed by atoms with Gasteiger partial charge in [0.15, 0.2) is 0 Å². The Bertz CT molecular complexity index is 1480. The van der Waals surface area contributed by atoms with Gasteiger partial charge in [0, 0.05) is 17.8 Å². The normalized spacial score (nSPS) is 11.5. The zero-order chi connectivity index (χ0) is 22.9. The van der Waals surface area contributed by atoms with Gasteiger partial charge < -0.3 is 11.1 Å². The fourth-order valence-electron chi connectivity index (χ4n) is 3.36. The molecule has 164 valence electrons. The molecule has 0 bridgehead atoms. The molecule has 3 aromatic heterocycles. The van der Waals surface area contributed by atoms with Gasteiger partial charge >= 0.3 is 0 Å². The first-order chi connectivity index (χ1) is 15.3. The van der Waals surface area contributed by atoms with Crippen LogP contribution in [-0.4, -0.2) is 32.8 Å². The van der Waals surface area contributed by atoms with Gasteiger partial charge in [-0.2, -0.15) is 0 Å². The number of aromatic nitrogens is 4. The molecular formula is C21H20N6O4S. The number of nitrogens with two attached hydrogens (primary N) is 1. The lowest BCUT2D eigenvalue weighted by molar-refractivity contribution is -0.121. The molecule has 4 rings (SSSR count). The van der Waals surface area contributed by atoms with Gasteiger partial charge in [0.1, 0.15) is 18.1 Å². The fraction of sp³-hybridized carbons (Fsp3) is 0.143. The minimum Gasteiger partial charge on any atom is -0.393 e. The van der Waals surface area contributed by atoms with Crippen LogP contribution in [0.1, 0.15) is 11.5 Å². The minimum absolute atomic E-state index is 0.0648. The van der Waals surface area contributed by atoms with E-state index in [9.17, 15) is 18.0 Å². The number of anilines is 1. The fourth-order valence-corrected chi connectivity index (χ4v) is 4.92. The van der Waals surface area contributed by atoms with E-state index in [1.807, 2.05) is 0 Å². The Morgan fingerprint density at radius 1 is 1.16 bits per heavy atom. The summed E-state index contributed by atoms with van der Waals surface area (Å²) in [6.07, 6.45) is 4.30. The molecule has 3 heterocycles. The number of hydrogen-bond acceptors (Lipinski definition) is 7. The Kier molecular flexibility index (Phi) is 5.49. The first-order valence-corrected chi connectivity index (χ1v) is 11.1. The van der Waals surface area contributed by atoms with E-state index < -0.39 is 21.5 Å². The summed E-state index contributed by atoms with van der Waals surface area (Å²) in [4.78, 5) is 32.9. The SMILES string of the molecule is Cc1ncc(N)c(=O)n1CC(=O)NCc1cc2cnccc2n1S(=O)(=O)c1ccccc1. The molecule has 32 heavy (non-hydrogen) atoms. The van der Waals surface area contributed by atoms with E-state index in [0.717, 1.165) is 4.57 Å². The number of nitrogen functional groups attached to an aromatic ring is 1. The first-order valence-electron chi connectivity index (χ1n) is 9.62. The van der Waals surface area contributed by atoms with Gasteiger partial charge in [0.2, 0.25) is 5.91 Å². The van der Waals surface area contributed by atoms with Gasteiger partial charge in [-0.25, -0.2) is 17.4 Å². The molecule has 0 saturated heterocycles. The maximum atomic E-state index is 13.4. The Hall–Kier alpha value is -3.99. The number of amides is 1. The average Bonchev–Trinajstić information content (AvgIpc) is 3.18. The molecule has 3 N–H and O–H groups in total. The van der Waals surface area contributed by atoms with Crippen molar-refractivity contribution < 1.29 is 13.2 Å². The number of rotatable bonds is 6. The number of fused-ring (bicyclic) bond motifs is 1. The second-order valence-electron chi connectivity index (χ2n) is 7.08. The van der Waals surface area contributed by atoms with Gasteiger partial charge in [-0.05, 0) is 31.2 Å². The third-order valence-electron chi connectivity index (χ3n) is 4.95. The number of nitrogens with one attached hydrogen (secondary N) is 1. The topological polar surface area (TPSA) is 142 Å². The lowest BCUT2D eigenvalue weighted by atomic mass is 10.3. The summed E-state index contributed by atoms with van der Waals surface area (Å²) in [5, 5.41) is 3.29. The van der Waals surface area contributed by atoms with Crippen LogP contribution in [0.2, 0.25) is 0 Å². The molecule has 0 saturated carbocycles. The highest BCUT2D eigenvalue weighted by Crippen LogP contribution is 2.25. The standard InChI is InChI=1S/C21H20N6O4S/c1-14-24-12-18(22)21(29)26(14)13-20(28)25-11-16-9-15-10-23-8-7-19(15)27(16)32(30,31)17-5-3-2-4-6-17/h2-10,12H,11,13,22H2,1H3,(H,25,28). The second kappa shape index (κ2) is 8.27. The summed E-state index contributed by atoms with van der Waals surface area (Å²) in [7, 11) is -3.92. The zero-order valence-electron chi connectivity index (χ0n) is 17.1. The number of carbonyl (C=O) groups is 1. The third-order valence-corrected chi connectivity index (χ3v) is 6.73. The molecule has 1 amide bonds. The van der Waals surface area contributed by atoms with Crippen molar-refractivity contribution in [3.63, 3.8) is 0 Å².